The number of hydrogen-bond acceptors (Lipinski definition) is 1. The van der Waals surface area contributed by atoms with Gasteiger partial charge in [0, 0.05) is 19.3 Å². The third kappa shape index (κ3) is 9.03. The van der Waals surface area contributed by atoms with Crippen molar-refractivity contribution in [2.24, 2.45) is 0 Å². The second-order valence-corrected chi connectivity index (χ2v) is 2.70. The highest BCUT2D eigenvalue weighted by Gasteiger charge is 1.92. The lowest BCUT2D eigenvalue weighted by atomic mass is 10.2. The van der Waals surface area contributed by atoms with Gasteiger partial charge in [0.05, 0.1) is 0 Å². The molecule has 0 aromatic heterocycles. The van der Waals surface area contributed by atoms with Gasteiger partial charge in [-0.1, -0.05) is 13.3 Å². The van der Waals surface area contributed by atoms with Gasteiger partial charge in [0.1, 0.15) is 0 Å². The molecule has 0 spiro atoms. The molecule has 0 bridgehead atoms. The van der Waals surface area contributed by atoms with Crippen molar-refractivity contribution in [3.63, 3.8) is 0 Å². The van der Waals surface area contributed by atoms with Gasteiger partial charge in [0.25, 0.3) is 0 Å². The van der Waals surface area contributed by atoms with Crippen LogP contribution in [0.1, 0.15) is 45.4 Å². The zero-order chi connectivity index (χ0) is 9.23. The highest BCUT2D eigenvalue weighted by molar-refractivity contribution is 5.66. The molecule has 0 radical (unpaired) electrons. The van der Waals surface area contributed by atoms with Crippen molar-refractivity contribution in [2.75, 3.05) is 0 Å². The van der Waals surface area contributed by atoms with Crippen LogP contribution in [0.25, 0.3) is 0 Å². The summed E-state index contributed by atoms with van der Waals surface area (Å²) in [6.07, 6.45) is 4.90. The molecule has 0 saturated heterocycles. The van der Waals surface area contributed by atoms with Gasteiger partial charge in [-0.25, -0.2) is 0 Å². The van der Waals surface area contributed by atoms with Crippen LogP contribution in [0.4, 0.5) is 0 Å². The number of aliphatic carboxylic acids is 1. The zero-order valence-electron chi connectivity index (χ0n) is 7.60. The van der Waals surface area contributed by atoms with E-state index >= 15 is 0 Å². The lowest BCUT2D eigenvalue weighted by molar-refractivity contribution is -0.137. The maximum Gasteiger partial charge on any atom is 0.303 e. The van der Waals surface area contributed by atoms with Crippen LogP contribution in [-0.2, 0) is 4.79 Å². The standard InChI is InChI=1S/C10H16O2/c1-2-3-4-5-6-7-8-9-10(11)12/h2-4,7-9H2,1H3,(H,11,12). The minimum Gasteiger partial charge on any atom is -0.481 e. The summed E-state index contributed by atoms with van der Waals surface area (Å²) in [5.41, 5.74) is 0. The summed E-state index contributed by atoms with van der Waals surface area (Å²) < 4.78 is 0. The first-order valence-electron chi connectivity index (χ1n) is 4.45. The Hall–Kier alpha value is -0.970. The topological polar surface area (TPSA) is 37.3 Å². The van der Waals surface area contributed by atoms with E-state index in [0.29, 0.717) is 6.42 Å². The van der Waals surface area contributed by atoms with Gasteiger partial charge in [0.15, 0.2) is 0 Å². The van der Waals surface area contributed by atoms with Crippen molar-refractivity contribution in [3.05, 3.63) is 0 Å². The molecule has 0 heterocycles. The molecular formula is C10H16O2. The van der Waals surface area contributed by atoms with Gasteiger partial charge in [-0.2, -0.15) is 0 Å². The van der Waals surface area contributed by atoms with E-state index in [1.807, 2.05) is 0 Å². The maximum atomic E-state index is 10.1. The smallest absolute Gasteiger partial charge is 0.303 e. The van der Waals surface area contributed by atoms with Crippen LogP contribution < -0.4 is 0 Å². The first-order valence-corrected chi connectivity index (χ1v) is 4.45. The second-order valence-electron chi connectivity index (χ2n) is 2.70. The van der Waals surface area contributed by atoms with Crippen molar-refractivity contribution in [2.45, 2.75) is 45.4 Å². The fourth-order valence-electron chi connectivity index (χ4n) is 0.770. The van der Waals surface area contributed by atoms with Crippen molar-refractivity contribution in [3.8, 4) is 11.8 Å². The Labute approximate surface area is 74.0 Å². The lowest BCUT2D eigenvalue weighted by Crippen LogP contribution is -1.92. The quantitative estimate of drug-likeness (QED) is 0.505. The minimum atomic E-state index is -0.731. The molecule has 0 rings (SSSR count). The normalized spacial score (nSPS) is 8.75. The molecule has 2 nitrogen and oxygen atoms in total. The molecule has 2 heteroatoms. The van der Waals surface area contributed by atoms with Crippen LogP contribution in [0, 0.1) is 11.8 Å². The molecule has 0 aliphatic rings. The minimum absolute atomic E-state index is 0.239. The zero-order valence-corrected chi connectivity index (χ0v) is 7.60. The number of rotatable bonds is 5. The molecular weight excluding hydrogens is 152 g/mol. The van der Waals surface area contributed by atoms with Crippen LogP contribution in [0.3, 0.4) is 0 Å². The van der Waals surface area contributed by atoms with Gasteiger partial charge >= 0.3 is 5.97 Å². The van der Waals surface area contributed by atoms with Crippen LogP contribution in [0.5, 0.6) is 0 Å². The molecule has 0 fully saturated rings. The summed E-state index contributed by atoms with van der Waals surface area (Å²) in [5, 5.41) is 8.31. The fourth-order valence-corrected chi connectivity index (χ4v) is 0.770. The highest BCUT2D eigenvalue weighted by atomic mass is 16.4. The molecule has 0 aromatic rings. The van der Waals surface area contributed by atoms with Crippen LogP contribution >= 0.6 is 0 Å². The molecule has 0 aliphatic carbocycles. The van der Waals surface area contributed by atoms with Crippen molar-refractivity contribution >= 4 is 5.97 Å². The Kier molecular flexibility index (Phi) is 7.47. The summed E-state index contributed by atoms with van der Waals surface area (Å²) in [7, 11) is 0. The molecule has 12 heavy (non-hydrogen) atoms. The molecule has 0 atom stereocenters. The summed E-state index contributed by atoms with van der Waals surface area (Å²) >= 11 is 0. The van der Waals surface area contributed by atoms with Crippen molar-refractivity contribution in [1.29, 1.82) is 0 Å². The largest absolute Gasteiger partial charge is 0.481 e. The van der Waals surface area contributed by atoms with E-state index in [0.717, 1.165) is 19.3 Å². The van der Waals surface area contributed by atoms with Gasteiger partial charge in [-0.05, 0) is 12.8 Å². The van der Waals surface area contributed by atoms with Crippen molar-refractivity contribution in [1.82, 2.24) is 0 Å². The van der Waals surface area contributed by atoms with Gasteiger partial charge in [0.2, 0.25) is 0 Å². The Morgan fingerprint density at radius 1 is 1.25 bits per heavy atom. The lowest BCUT2D eigenvalue weighted by Gasteiger charge is -1.88. The summed E-state index contributed by atoms with van der Waals surface area (Å²) in [5.74, 6) is 5.25. The van der Waals surface area contributed by atoms with E-state index in [1.165, 1.54) is 6.42 Å². The van der Waals surface area contributed by atoms with Crippen molar-refractivity contribution < 1.29 is 9.90 Å². The molecule has 0 unspecified atom stereocenters. The fraction of sp³-hybridized carbons (Fsp3) is 0.700. The molecule has 0 saturated carbocycles. The number of carboxylic acid groups (broad SMARTS) is 1. The predicted molar refractivity (Wildman–Crippen MR) is 48.8 cm³/mol. The van der Waals surface area contributed by atoms with Gasteiger partial charge in [-0.3, -0.25) is 4.79 Å². The second kappa shape index (κ2) is 8.13. The Morgan fingerprint density at radius 2 is 1.83 bits per heavy atom. The third-order valence-electron chi connectivity index (χ3n) is 1.47. The third-order valence-corrected chi connectivity index (χ3v) is 1.47. The first-order chi connectivity index (χ1) is 5.77. The molecule has 68 valence electrons. The molecule has 1 N–H and O–H groups in total. The van der Waals surface area contributed by atoms with E-state index in [2.05, 4.69) is 18.8 Å². The van der Waals surface area contributed by atoms with Crippen LogP contribution in [0.15, 0.2) is 0 Å². The monoisotopic (exact) mass is 168 g/mol. The molecule has 0 aliphatic heterocycles. The van der Waals surface area contributed by atoms with E-state index in [1.54, 1.807) is 0 Å². The highest BCUT2D eigenvalue weighted by Crippen LogP contribution is 1.95. The number of unbranched alkanes of at least 4 members (excludes halogenated alkanes) is 3. The van der Waals surface area contributed by atoms with Gasteiger partial charge in [-0.15, -0.1) is 11.8 Å². The molecule has 0 amide bonds. The summed E-state index contributed by atoms with van der Waals surface area (Å²) in [4.78, 5) is 10.1. The SMILES string of the molecule is CCCCC#CCCCC(=O)O. The Morgan fingerprint density at radius 3 is 2.33 bits per heavy atom. The number of carbonyl (C=O) groups is 1. The van der Waals surface area contributed by atoms with E-state index in [9.17, 15) is 4.79 Å². The number of hydrogen-bond donors (Lipinski definition) is 1. The molecule has 0 aromatic carbocycles. The first kappa shape index (κ1) is 11.0. The van der Waals surface area contributed by atoms with Gasteiger partial charge < -0.3 is 5.11 Å². The average Bonchev–Trinajstić information content (AvgIpc) is 2.02. The maximum absolute atomic E-state index is 10.1. The van der Waals surface area contributed by atoms with E-state index in [-0.39, 0.29) is 6.42 Å². The van der Waals surface area contributed by atoms with Crippen LogP contribution in [0.2, 0.25) is 0 Å². The summed E-state index contributed by atoms with van der Waals surface area (Å²) in [6, 6.07) is 0. The number of carboxylic acids is 1. The van der Waals surface area contributed by atoms with Crippen LogP contribution in [-0.4, -0.2) is 11.1 Å². The van der Waals surface area contributed by atoms with E-state index in [4.69, 9.17) is 5.11 Å². The Bertz CT molecular complexity index is 174. The Balaban J connectivity index is 3.16. The predicted octanol–water partition coefficient (Wildman–Crippen LogP) is 2.43. The average molecular weight is 168 g/mol. The van der Waals surface area contributed by atoms with E-state index < -0.39 is 5.97 Å². The summed E-state index contributed by atoms with van der Waals surface area (Å²) in [6.45, 7) is 2.13.